The summed E-state index contributed by atoms with van der Waals surface area (Å²) in [7, 11) is 0. The van der Waals surface area contributed by atoms with Gasteiger partial charge in [-0.05, 0) is 65.0 Å². The standard InChI is InChI=1S/C14H26N2O3/c1-14(2,16-13(17)18)9-10-7-12(8-10)19-11-3-5-15-6-4-11/h10-12,15-16H,3-9H2,1-2H3,(H,17,18). The molecule has 1 saturated carbocycles. The first-order chi connectivity index (χ1) is 8.94. The first-order valence-electron chi connectivity index (χ1n) is 7.32. The van der Waals surface area contributed by atoms with Gasteiger partial charge in [0.2, 0.25) is 0 Å². The molecule has 110 valence electrons. The monoisotopic (exact) mass is 270 g/mol. The van der Waals surface area contributed by atoms with E-state index in [-0.39, 0.29) is 5.54 Å². The zero-order valence-electron chi connectivity index (χ0n) is 11.9. The third-order valence-corrected chi connectivity index (χ3v) is 4.11. The van der Waals surface area contributed by atoms with Gasteiger partial charge in [-0.25, -0.2) is 4.79 Å². The molecule has 0 spiro atoms. The molecule has 2 rings (SSSR count). The third-order valence-electron chi connectivity index (χ3n) is 4.11. The second-order valence-electron chi connectivity index (χ2n) is 6.56. The van der Waals surface area contributed by atoms with Gasteiger partial charge in [0.1, 0.15) is 0 Å². The summed E-state index contributed by atoms with van der Waals surface area (Å²) in [5.41, 5.74) is -0.337. The molecule has 1 heterocycles. The predicted octanol–water partition coefficient (Wildman–Crippen LogP) is 1.97. The molecule has 3 N–H and O–H groups in total. The van der Waals surface area contributed by atoms with Gasteiger partial charge in [-0.15, -0.1) is 0 Å². The van der Waals surface area contributed by atoms with Crippen molar-refractivity contribution in [2.45, 2.75) is 63.7 Å². The Balaban J connectivity index is 1.64. The molecule has 0 aromatic heterocycles. The summed E-state index contributed by atoms with van der Waals surface area (Å²) in [4.78, 5) is 10.7. The van der Waals surface area contributed by atoms with E-state index in [0.29, 0.717) is 18.1 Å². The van der Waals surface area contributed by atoms with Crippen molar-refractivity contribution in [1.82, 2.24) is 10.6 Å². The predicted molar refractivity (Wildman–Crippen MR) is 73.3 cm³/mol. The van der Waals surface area contributed by atoms with Crippen LogP contribution in [-0.2, 0) is 4.74 Å². The van der Waals surface area contributed by atoms with Crippen LogP contribution >= 0.6 is 0 Å². The van der Waals surface area contributed by atoms with Crippen LogP contribution in [0.4, 0.5) is 4.79 Å². The average molecular weight is 270 g/mol. The molecule has 1 aliphatic carbocycles. The van der Waals surface area contributed by atoms with E-state index in [0.717, 1.165) is 45.2 Å². The van der Waals surface area contributed by atoms with Crippen LogP contribution in [0.3, 0.4) is 0 Å². The Hall–Kier alpha value is -0.810. The van der Waals surface area contributed by atoms with E-state index < -0.39 is 6.09 Å². The van der Waals surface area contributed by atoms with Gasteiger partial charge in [0.15, 0.2) is 0 Å². The van der Waals surface area contributed by atoms with Crippen molar-refractivity contribution in [3.63, 3.8) is 0 Å². The largest absolute Gasteiger partial charge is 0.465 e. The van der Waals surface area contributed by atoms with Crippen LogP contribution in [0, 0.1) is 5.92 Å². The fourth-order valence-electron chi connectivity index (χ4n) is 3.22. The first kappa shape index (κ1) is 14.6. The number of carboxylic acid groups (broad SMARTS) is 1. The summed E-state index contributed by atoms with van der Waals surface area (Å²) in [6.45, 7) is 6.02. The van der Waals surface area contributed by atoms with Crippen molar-refractivity contribution >= 4 is 6.09 Å². The molecule has 0 radical (unpaired) electrons. The molecule has 19 heavy (non-hydrogen) atoms. The van der Waals surface area contributed by atoms with Crippen molar-refractivity contribution in [2.24, 2.45) is 5.92 Å². The number of rotatable bonds is 5. The maximum atomic E-state index is 10.7. The summed E-state index contributed by atoms with van der Waals surface area (Å²) in [6.07, 6.45) is 5.17. The van der Waals surface area contributed by atoms with Crippen LogP contribution in [0.5, 0.6) is 0 Å². The molecule has 0 aromatic carbocycles. The van der Waals surface area contributed by atoms with Crippen LogP contribution in [0.2, 0.25) is 0 Å². The average Bonchev–Trinajstić information content (AvgIpc) is 2.25. The smallest absolute Gasteiger partial charge is 0.405 e. The Morgan fingerprint density at radius 1 is 1.32 bits per heavy atom. The summed E-state index contributed by atoms with van der Waals surface area (Å²) in [5.74, 6) is 0.591. The zero-order valence-corrected chi connectivity index (χ0v) is 11.9. The quantitative estimate of drug-likeness (QED) is 0.714. The topological polar surface area (TPSA) is 70.6 Å². The number of amides is 1. The van der Waals surface area contributed by atoms with Crippen LogP contribution in [0.25, 0.3) is 0 Å². The van der Waals surface area contributed by atoms with Gasteiger partial charge in [0.05, 0.1) is 12.2 Å². The van der Waals surface area contributed by atoms with E-state index in [9.17, 15) is 4.79 Å². The van der Waals surface area contributed by atoms with Crippen LogP contribution in [0.1, 0.15) is 46.0 Å². The van der Waals surface area contributed by atoms with Crippen molar-refractivity contribution < 1.29 is 14.6 Å². The number of hydrogen-bond donors (Lipinski definition) is 3. The van der Waals surface area contributed by atoms with Gasteiger partial charge in [-0.2, -0.15) is 0 Å². The molecular weight excluding hydrogens is 244 g/mol. The fourth-order valence-corrected chi connectivity index (χ4v) is 3.22. The minimum absolute atomic E-state index is 0.337. The Labute approximate surface area is 115 Å². The molecule has 2 fully saturated rings. The lowest BCUT2D eigenvalue weighted by Crippen LogP contribution is -2.47. The molecule has 1 aliphatic heterocycles. The van der Waals surface area contributed by atoms with E-state index in [1.54, 1.807) is 0 Å². The molecule has 0 atom stereocenters. The van der Waals surface area contributed by atoms with Gasteiger partial charge in [0, 0.05) is 5.54 Å². The molecule has 0 bridgehead atoms. The van der Waals surface area contributed by atoms with Crippen LogP contribution < -0.4 is 10.6 Å². The molecule has 1 saturated heterocycles. The normalized spacial score (nSPS) is 28.7. The molecule has 5 nitrogen and oxygen atoms in total. The van der Waals surface area contributed by atoms with Gasteiger partial charge < -0.3 is 20.5 Å². The molecule has 2 aliphatic rings. The lowest BCUT2D eigenvalue weighted by molar-refractivity contribution is -0.0886. The highest BCUT2D eigenvalue weighted by molar-refractivity contribution is 5.65. The van der Waals surface area contributed by atoms with E-state index in [1.807, 2.05) is 13.8 Å². The lowest BCUT2D eigenvalue weighted by atomic mass is 9.75. The highest BCUT2D eigenvalue weighted by Gasteiger charge is 2.36. The molecule has 0 unspecified atom stereocenters. The maximum Gasteiger partial charge on any atom is 0.405 e. The highest BCUT2D eigenvalue weighted by Crippen LogP contribution is 2.37. The van der Waals surface area contributed by atoms with Crippen LogP contribution in [-0.4, -0.2) is 42.0 Å². The molecule has 5 heteroatoms. The Morgan fingerprint density at radius 2 is 1.95 bits per heavy atom. The second kappa shape index (κ2) is 6.09. The molecular formula is C14H26N2O3. The van der Waals surface area contributed by atoms with E-state index in [2.05, 4.69) is 10.6 Å². The minimum Gasteiger partial charge on any atom is -0.465 e. The summed E-state index contributed by atoms with van der Waals surface area (Å²) >= 11 is 0. The Bertz CT molecular complexity index is 308. The van der Waals surface area contributed by atoms with Gasteiger partial charge in [-0.1, -0.05) is 0 Å². The Kier molecular flexibility index (Phi) is 4.68. The van der Waals surface area contributed by atoms with Crippen LogP contribution in [0.15, 0.2) is 0 Å². The number of hydrogen-bond acceptors (Lipinski definition) is 3. The van der Waals surface area contributed by atoms with Crippen molar-refractivity contribution in [1.29, 1.82) is 0 Å². The highest BCUT2D eigenvalue weighted by atomic mass is 16.5. The van der Waals surface area contributed by atoms with E-state index >= 15 is 0 Å². The van der Waals surface area contributed by atoms with Crippen molar-refractivity contribution in [3.05, 3.63) is 0 Å². The zero-order chi connectivity index (χ0) is 13.9. The fraction of sp³-hybridized carbons (Fsp3) is 0.929. The van der Waals surface area contributed by atoms with Crippen molar-refractivity contribution in [2.75, 3.05) is 13.1 Å². The molecule has 0 aromatic rings. The summed E-state index contributed by atoms with van der Waals surface area (Å²) in [6, 6.07) is 0. The Morgan fingerprint density at radius 3 is 2.53 bits per heavy atom. The number of piperidine rings is 1. The van der Waals surface area contributed by atoms with E-state index in [4.69, 9.17) is 9.84 Å². The first-order valence-corrected chi connectivity index (χ1v) is 7.32. The third kappa shape index (κ3) is 4.66. The van der Waals surface area contributed by atoms with Gasteiger partial charge >= 0.3 is 6.09 Å². The van der Waals surface area contributed by atoms with E-state index in [1.165, 1.54) is 0 Å². The van der Waals surface area contributed by atoms with Gasteiger partial charge in [0.25, 0.3) is 0 Å². The van der Waals surface area contributed by atoms with Gasteiger partial charge in [-0.3, -0.25) is 0 Å². The maximum absolute atomic E-state index is 10.7. The van der Waals surface area contributed by atoms with Crippen molar-refractivity contribution in [3.8, 4) is 0 Å². The molecule has 1 amide bonds. The number of carbonyl (C=O) groups is 1. The summed E-state index contributed by atoms with van der Waals surface area (Å²) in [5, 5.41) is 14.7. The summed E-state index contributed by atoms with van der Waals surface area (Å²) < 4.78 is 6.08. The number of nitrogens with one attached hydrogen (secondary N) is 2. The SMILES string of the molecule is CC(C)(CC1CC(OC2CCNCC2)C1)NC(=O)O. The second-order valence-corrected chi connectivity index (χ2v) is 6.56. The number of ether oxygens (including phenoxy) is 1. The minimum atomic E-state index is -0.938. The lowest BCUT2D eigenvalue weighted by Gasteiger charge is -2.41.